The molecule has 2 amide bonds. The van der Waals surface area contributed by atoms with Crippen molar-refractivity contribution in [3.8, 4) is 0 Å². The van der Waals surface area contributed by atoms with E-state index in [9.17, 15) is 23.1 Å². The lowest BCUT2D eigenvalue weighted by Gasteiger charge is -2.33. The molecular formula is C10H19N3O6S. The lowest BCUT2D eigenvalue weighted by atomic mass is 9.90. The van der Waals surface area contributed by atoms with Gasteiger partial charge in [0.05, 0.1) is 5.75 Å². The first kappa shape index (κ1) is 16.7. The number of rotatable bonds is 6. The number of nitrogens with one attached hydrogen (secondary N) is 2. The fraction of sp³-hybridized carbons (Fsp3) is 0.800. The standard InChI is InChI=1S/C10H19N3O6S/c11-20(17,18)7-1-4-12-9(16)13-10(8(14)15)2-5-19-6-3-10/h1-7H2,(H,14,15)(H2,11,17,18)(H2,12,13,16). The molecule has 116 valence electrons. The zero-order valence-corrected chi connectivity index (χ0v) is 11.7. The van der Waals surface area contributed by atoms with Crippen LogP contribution in [0.25, 0.3) is 0 Å². The number of carbonyl (C=O) groups excluding carboxylic acids is 1. The summed E-state index contributed by atoms with van der Waals surface area (Å²) in [6.45, 7) is 0.616. The van der Waals surface area contributed by atoms with Crippen molar-refractivity contribution in [3.63, 3.8) is 0 Å². The van der Waals surface area contributed by atoms with Gasteiger partial charge in [0.15, 0.2) is 0 Å². The van der Waals surface area contributed by atoms with E-state index in [4.69, 9.17) is 9.88 Å². The molecule has 0 spiro atoms. The molecule has 5 N–H and O–H groups in total. The van der Waals surface area contributed by atoms with Crippen LogP contribution in [0, 0.1) is 0 Å². The van der Waals surface area contributed by atoms with E-state index in [1.54, 1.807) is 0 Å². The molecular weight excluding hydrogens is 290 g/mol. The van der Waals surface area contributed by atoms with Gasteiger partial charge >= 0.3 is 12.0 Å². The van der Waals surface area contributed by atoms with Gasteiger partial charge in [-0.1, -0.05) is 0 Å². The number of amides is 2. The van der Waals surface area contributed by atoms with Crippen LogP contribution in [0.4, 0.5) is 4.79 Å². The summed E-state index contributed by atoms with van der Waals surface area (Å²) in [7, 11) is -3.56. The number of urea groups is 1. The van der Waals surface area contributed by atoms with E-state index in [1.165, 1.54) is 0 Å². The Bertz CT molecular complexity index is 458. The zero-order valence-electron chi connectivity index (χ0n) is 10.9. The van der Waals surface area contributed by atoms with Crippen LogP contribution in [0.15, 0.2) is 0 Å². The van der Waals surface area contributed by atoms with E-state index in [2.05, 4.69) is 10.6 Å². The van der Waals surface area contributed by atoms with Crippen molar-refractivity contribution in [2.75, 3.05) is 25.5 Å². The molecule has 20 heavy (non-hydrogen) atoms. The van der Waals surface area contributed by atoms with Gasteiger partial charge < -0.3 is 20.5 Å². The van der Waals surface area contributed by atoms with E-state index in [0.717, 1.165) is 0 Å². The molecule has 1 aliphatic heterocycles. The van der Waals surface area contributed by atoms with E-state index in [1.807, 2.05) is 0 Å². The van der Waals surface area contributed by atoms with Crippen LogP contribution in [0.1, 0.15) is 19.3 Å². The summed E-state index contributed by atoms with van der Waals surface area (Å²) in [4.78, 5) is 22.9. The first-order valence-electron chi connectivity index (χ1n) is 6.13. The van der Waals surface area contributed by atoms with Crippen molar-refractivity contribution >= 4 is 22.0 Å². The smallest absolute Gasteiger partial charge is 0.329 e. The molecule has 0 atom stereocenters. The summed E-state index contributed by atoms with van der Waals surface area (Å²) in [5.41, 5.74) is -1.33. The average Bonchev–Trinajstić information content (AvgIpc) is 2.34. The summed E-state index contributed by atoms with van der Waals surface area (Å²) in [6.07, 6.45) is 0.537. The van der Waals surface area contributed by atoms with Gasteiger partial charge in [0.2, 0.25) is 10.0 Å². The third-order valence-corrected chi connectivity index (χ3v) is 3.86. The van der Waals surface area contributed by atoms with Crippen LogP contribution in [0.3, 0.4) is 0 Å². The van der Waals surface area contributed by atoms with E-state index >= 15 is 0 Å². The van der Waals surface area contributed by atoms with Gasteiger partial charge in [0, 0.05) is 32.6 Å². The molecule has 1 rings (SSSR count). The lowest BCUT2D eigenvalue weighted by molar-refractivity contribution is -0.148. The maximum atomic E-state index is 11.6. The monoisotopic (exact) mass is 309 g/mol. The second-order valence-electron chi connectivity index (χ2n) is 4.60. The van der Waals surface area contributed by atoms with Crippen molar-refractivity contribution in [1.82, 2.24) is 10.6 Å². The molecule has 1 heterocycles. The number of ether oxygens (including phenoxy) is 1. The Morgan fingerprint density at radius 2 is 1.90 bits per heavy atom. The Morgan fingerprint density at radius 1 is 1.30 bits per heavy atom. The highest BCUT2D eigenvalue weighted by molar-refractivity contribution is 7.89. The SMILES string of the molecule is NS(=O)(=O)CCCNC(=O)NC1(C(=O)O)CCOCC1. The molecule has 0 bridgehead atoms. The summed E-state index contributed by atoms with van der Waals surface area (Å²) >= 11 is 0. The van der Waals surface area contributed by atoms with Crippen LogP contribution in [-0.2, 0) is 19.6 Å². The van der Waals surface area contributed by atoms with Gasteiger partial charge in [-0.2, -0.15) is 0 Å². The highest BCUT2D eigenvalue weighted by Crippen LogP contribution is 2.20. The van der Waals surface area contributed by atoms with Crippen molar-refractivity contribution in [2.45, 2.75) is 24.8 Å². The van der Waals surface area contributed by atoms with Gasteiger partial charge in [-0.05, 0) is 6.42 Å². The van der Waals surface area contributed by atoms with Crippen LogP contribution in [0.2, 0.25) is 0 Å². The second kappa shape index (κ2) is 6.86. The largest absolute Gasteiger partial charge is 0.480 e. The number of hydrogen-bond acceptors (Lipinski definition) is 5. The van der Waals surface area contributed by atoms with Gasteiger partial charge in [0.1, 0.15) is 5.54 Å². The number of hydrogen-bond donors (Lipinski definition) is 4. The molecule has 0 aromatic rings. The fourth-order valence-electron chi connectivity index (χ4n) is 1.85. The van der Waals surface area contributed by atoms with Crippen LogP contribution >= 0.6 is 0 Å². The highest BCUT2D eigenvalue weighted by Gasteiger charge is 2.41. The Balaban J connectivity index is 2.41. The maximum Gasteiger partial charge on any atom is 0.329 e. The molecule has 1 fully saturated rings. The topological polar surface area (TPSA) is 148 Å². The molecule has 1 saturated heterocycles. The Labute approximate surface area is 116 Å². The van der Waals surface area contributed by atoms with Gasteiger partial charge in [-0.25, -0.2) is 23.1 Å². The molecule has 9 nitrogen and oxygen atoms in total. The van der Waals surface area contributed by atoms with Gasteiger partial charge in [-0.3, -0.25) is 0 Å². The lowest BCUT2D eigenvalue weighted by Crippen LogP contribution is -2.59. The summed E-state index contributed by atoms with van der Waals surface area (Å²) in [5.74, 6) is -1.36. The molecule has 0 unspecified atom stereocenters. The van der Waals surface area contributed by atoms with Gasteiger partial charge in [0.25, 0.3) is 0 Å². The highest BCUT2D eigenvalue weighted by atomic mass is 32.2. The van der Waals surface area contributed by atoms with Crippen molar-refractivity contribution in [1.29, 1.82) is 0 Å². The molecule has 0 radical (unpaired) electrons. The molecule has 0 aromatic heterocycles. The number of carboxylic acids is 1. The minimum atomic E-state index is -3.56. The first-order chi connectivity index (χ1) is 9.25. The quantitative estimate of drug-likeness (QED) is 0.443. The van der Waals surface area contributed by atoms with Crippen molar-refractivity contribution in [3.05, 3.63) is 0 Å². The number of carboxylic acid groups (broad SMARTS) is 1. The number of primary sulfonamides is 1. The van der Waals surface area contributed by atoms with Crippen LogP contribution < -0.4 is 15.8 Å². The molecule has 0 aromatic carbocycles. The third-order valence-electron chi connectivity index (χ3n) is 3.00. The molecule has 0 aliphatic carbocycles. The Morgan fingerprint density at radius 3 is 2.40 bits per heavy atom. The maximum absolute atomic E-state index is 11.6. The normalized spacial score (nSPS) is 18.2. The third kappa shape index (κ3) is 5.31. The first-order valence-corrected chi connectivity index (χ1v) is 7.84. The molecule has 0 saturated carbocycles. The minimum Gasteiger partial charge on any atom is -0.480 e. The number of sulfonamides is 1. The fourth-order valence-corrected chi connectivity index (χ4v) is 2.40. The number of aliphatic carboxylic acids is 1. The predicted octanol–water partition coefficient (Wildman–Crippen LogP) is -1.40. The summed E-state index contributed by atoms with van der Waals surface area (Å²) < 4.78 is 26.5. The van der Waals surface area contributed by atoms with E-state index in [0.29, 0.717) is 0 Å². The Hall–Kier alpha value is -1.39. The van der Waals surface area contributed by atoms with Crippen molar-refractivity contribution < 1.29 is 27.9 Å². The minimum absolute atomic E-state index is 0.0917. The summed E-state index contributed by atoms with van der Waals surface area (Å²) in [6, 6.07) is -0.649. The molecule has 10 heteroatoms. The number of carbonyl (C=O) groups is 2. The number of nitrogens with two attached hydrogens (primary N) is 1. The van der Waals surface area contributed by atoms with Crippen LogP contribution in [0.5, 0.6) is 0 Å². The van der Waals surface area contributed by atoms with Crippen LogP contribution in [-0.4, -0.2) is 56.6 Å². The Kier molecular flexibility index (Phi) is 5.72. The van der Waals surface area contributed by atoms with Crippen molar-refractivity contribution in [2.24, 2.45) is 5.14 Å². The molecule has 1 aliphatic rings. The average molecular weight is 309 g/mol. The zero-order chi connectivity index (χ0) is 15.2. The summed E-state index contributed by atoms with van der Waals surface area (Å²) in [5, 5.41) is 18.9. The van der Waals surface area contributed by atoms with Gasteiger partial charge in [-0.15, -0.1) is 0 Å². The van der Waals surface area contributed by atoms with E-state index in [-0.39, 0.29) is 44.8 Å². The predicted molar refractivity (Wildman–Crippen MR) is 69.5 cm³/mol. The second-order valence-corrected chi connectivity index (χ2v) is 6.34. The van der Waals surface area contributed by atoms with E-state index < -0.39 is 27.6 Å².